The Kier molecular flexibility index (Phi) is 3.72. The number of methoxy groups -OCH3 is 1. The van der Waals surface area contributed by atoms with Gasteiger partial charge in [0.15, 0.2) is 0 Å². The highest BCUT2D eigenvalue weighted by Gasteiger charge is 2.24. The molecule has 2 N–H and O–H groups in total. The van der Waals surface area contributed by atoms with E-state index in [0.29, 0.717) is 25.3 Å². The molecule has 0 saturated carbocycles. The number of anilines is 1. The van der Waals surface area contributed by atoms with Crippen LogP contribution in [-0.4, -0.2) is 42.3 Å². The van der Waals surface area contributed by atoms with Crippen molar-refractivity contribution >= 4 is 11.7 Å². The van der Waals surface area contributed by atoms with Crippen molar-refractivity contribution in [1.82, 2.24) is 4.90 Å². The Labute approximate surface area is 106 Å². The first-order valence-electron chi connectivity index (χ1n) is 5.99. The zero-order chi connectivity index (χ0) is 13.1. The molecule has 1 aromatic rings. The topological polar surface area (TPSA) is 61.8 Å². The summed E-state index contributed by atoms with van der Waals surface area (Å²) in [6, 6.07) is 5.36. The van der Waals surface area contributed by atoms with E-state index in [9.17, 15) is 9.90 Å². The van der Waals surface area contributed by atoms with Crippen molar-refractivity contribution in [3.8, 4) is 5.75 Å². The Morgan fingerprint density at radius 3 is 2.94 bits per heavy atom. The summed E-state index contributed by atoms with van der Waals surface area (Å²) in [5.41, 5.74) is 1.71. The van der Waals surface area contributed by atoms with Crippen LogP contribution in [0.4, 0.5) is 10.5 Å². The molecule has 1 aromatic carbocycles. The molecule has 1 aliphatic rings. The van der Waals surface area contributed by atoms with Crippen LogP contribution in [-0.2, 0) is 0 Å². The van der Waals surface area contributed by atoms with E-state index in [1.807, 2.05) is 19.1 Å². The lowest BCUT2D eigenvalue weighted by Gasteiger charge is -2.17. The molecule has 0 radical (unpaired) electrons. The smallest absolute Gasteiger partial charge is 0.321 e. The van der Waals surface area contributed by atoms with Crippen LogP contribution in [0.15, 0.2) is 18.2 Å². The largest absolute Gasteiger partial charge is 0.497 e. The molecule has 2 rings (SSSR count). The van der Waals surface area contributed by atoms with E-state index >= 15 is 0 Å². The van der Waals surface area contributed by atoms with Crippen molar-refractivity contribution in [2.75, 3.05) is 25.5 Å². The number of hydrogen-bond acceptors (Lipinski definition) is 3. The number of nitrogens with one attached hydrogen (secondary N) is 1. The maximum absolute atomic E-state index is 12.0. The van der Waals surface area contributed by atoms with Crippen molar-refractivity contribution in [3.63, 3.8) is 0 Å². The minimum atomic E-state index is -0.401. The fourth-order valence-corrected chi connectivity index (χ4v) is 1.98. The molecule has 1 aliphatic heterocycles. The fraction of sp³-hybridized carbons (Fsp3) is 0.462. The summed E-state index contributed by atoms with van der Waals surface area (Å²) in [7, 11) is 1.59. The first kappa shape index (κ1) is 12.7. The van der Waals surface area contributed by atoms with Crippen molar-refractivity contribution in [1.29, 1.82) is 0 Å². The van der Waals surface area contributed by atoms with Crippen LogP contribution in [0.1, 0.15) is 12.0 Å². The molecule has 98 valence electrons. The van der Waals surface area contributed by atoms with Gasteiger partial charge in [-0.15, -0.1) is 0 Å². The summed E-state index contributed by atoms with van der Waals surface area (Å²) in [5, 5.41) is 12.3. The SMILES string of the molecule is COc1ccc(C)c(NC(=O)N2CCC(O)C2)c1. The average molecular weight is 250 g/mol. The van der Waals surface area contributed by atoms with E-state index in [-0.39, 0.29) is 6.03 Å². The lowest BCUT2D eigenvalue weighted by atomic mass is 10.2. The van der Waals surface area contributed by atoms with E-state index in [4.69, 9.17) is 4.74 Å². The van der Waals surface area contributed by atoms with Gasteiger partial charge in [0, 0.05) is 24.8 Å². The second-order valence-electron chi connectivity index (χ2n) is 4.50. The van der Waals surface area contributed by atoms with Crippen LogP contribution in [0.25, 0.3) is 0 Å². The van der Waals surface area contributed by atoms with Gasteiger partial charge >= 0.3 is 6.03 Å². The molecule has 1 heterocycles. The number of benzene rings is 1. The predicted octanol–water partition coefficient (Wildman–Crippen LogP) is 1.60. The minimum absolute atomic E-state index is 0.178. The number of carbonyl (C=O) groups excluding carboxylic acids is 1. The van der Waals surface area contributed by atoms with Crippen molar-refractivity contribution < 1.29 is 14.6 Å². The van der Waals surface area contributed by atoms with Gasteiger partial charge in [0.1, 0.15) is 5.75 Å². The van der Waals surface area contributed by atoms with Crippen LogP contribution in [0.5, 0.6) is 5.75 Å². The molecule has 1 atom stereocenters. The number of rotatable bonds is 2. The molecule has 0 aliphatic carbocycles. The van der Waals surface area contributed by atoms with Crippen molar-refractivity contribution in [2.45, 2.75) is 19.4 Å². The van der Waals surface area contributed by atoms with Crippen LogP contribution in [0.2, 0.25) is 0 Å². The Bertz CT molecular complexity index is 448. The average Bonchev–Trinajstić information content (AvgIpc) is 2.79. The second kappa shape index (κ2) is 5.27. The summed E-state index contributed by atoms with van der Waals surface area (Å²) >= 11 is 0. The number of β-amino-alcohol motifs (C(OH)–C–C–N with tert-alkyl or cyclic N) is 1. The Hall–Kier alpha value is -1.75. The monoisotopic (exact) mass is 250 g/mol. The highest BCUT2D eigenvalue weighted by Crippen LogP contribution is 2.22. The first-order valence-corrected chi connectivity index (χ1v) is 5.99. The molecule has 5 heteroatoms. The van der Waals surface area contributed by atoms with E-state index in [0.717, 1.165) is 11.3 Å². The summed E-state index contributed by atoms with van der Waals surface area (Å²) in [5.74, 6) is 0.706. The van der Waals surface area contributed by atoms with E-state index in [2.05, 4.69) is 5.32 Å². The summed E-state index contributed by atoms with van der Waals surface area (Å²) in [4.78, 5) is 13.6. The molecule has 1 fully saturated rings. The number of urea groups is 1. The normalized spacial score (nSPS) is 18.8. The van der Waals surface area contributed by atoms with E-state index in [1.54, 1.807) is 18.1 Å². The molecule has 0 aromatic heterocycles. The molecule has 1 saturated heterocycles. The third-order valence-corrected chi connectivity index (χ3v) is 3.14. The van der Waals surface area contributed by atoms with Crippen molar-refractivity contribution in [3.05, 3.63) is 23.8 Å². The summed E-state index contributed by atoms with van der Waals surface area (Å²) in [6.45, 7) is 2.92. The van der Waals surface area contributed by atoms with Gasteiger partial charge in [0.25, 0.3) is 0 Å². The van der Waals surface area contributed by atoms with Gasteiger partial charge in [0.2, 0.25) is 0 Å². The Morgan fingerprint density at radius 2 is 2.33 bits per heavy atom. The van der Waals surface area contributed by atoms with Crippen LogP contribution >= 0.6 is 0 Å². The summed E-state index contributed by atoms with van der Waals surface area (Å²) < 4.78 is 5.13. The van der Waals surface area contributed by atoms with Gasteiger partial charge in [-0.2, -0.15) is 0 Å². The first-order chi connectivity index (χ1) is 8.60. The minimum Gasteiger partial charge on any atom is -0.497 e. The standard InChI is InChI=1S/C13H18N2O3/c1-9-3-4-11(18-2)7-12(9)14-13(17)15-6-5-10(16)8-15/h3-4,7,10,16H,5-6,8H2,1-2H3,(H,14,17). The highest BCUT2D eigenvalue weighted by atomic mass is 16.5. The molecule has 5 nitrogen and oxygen atoms in total. The quantitative estimate of drug-likeness (QED) is 0.838. The lowest BCUT2D eigenvalue weighted by Crippen LogP contribution is -2.33. The maximum Gasteiger partial charge on any atom is 0.321 e. The third-order valence-electron chi connectivity index (χ3n) is 3.14. The molecular weight excluding hydrogens is 232 g/mol. The number of likely N-dealkylation sites (tertiary alicyclic amines) is 1. The van der Waals surface area contributed by atoms with Gasteiger partial charge in [0.05, 0.1) is 13.2 Å². The van der Waals surface area contributed by atoms with Gasteiger partial charge < -0.3 is 20.1 Å². The van der Waals surface area contributed by atoms with Crippen molar-refractivity contribution in [2.24, 2.45) is 0 Å². The van der Waals surface area contributed by atoms with Crippen LogP contribution < -0.4 is 10.1 Å². The zero-order valence-corrected chi connectivity index (χ0v) is 10.6. The van der Waals surface area contributed by atoms with E-state index in [1.165, 1.54) is 0 Å². The third kappa shape index (κ3) is 2.73. The molecule has 2 amide bonds. The number of aliphatic hydroxyl groups excluding tert-OH is 1. The highest BCUT2D eigenvalue weighted by molar-refractivity contribution is 5.90. The number of nitrogens with zero attached hydrogens (tertiary/aromatic N) is 1. The molecule has 18 heavy (non-hydrogen) atoms. The predicted molar refractivity (Wildman–Crippen MR) is 68.9 cm³/mol. The molecular formula is C13H18N2O3. The number of aliphatic hydroxyl groups is 1. The van der Waals surface area contributed by atoms with Gasteiger partial charge in [-0.1, -0.05) is 6.07 Å². The van der Waals surface area contributed by atoms with Gasteiger partial charge in [-0.3, -0.25) is 0 Å². The number of carbonyl (C=O) groups is 1. The Morgan fingerprint density at radius 1 is 1.56 bits per heavy atom. The maximum atomic E-state index is 12.0. The van der Waals surface area contributed by atoms with Gasteiger partial charge in [-0.05, 0) is 25.0 Å². The lowest BCUT2D eigenvalue weighted by molar-refractivity contribution is 0.176. The fourth-order valence-electron chi connectivity index (χ4n) is 1.98. The number of hydrogen-bond donors (Lipinski definition) is 2. The molecule has 0 spiro atoms. The number of ether oxygens (including phenoxy) is 1. The molecule has 1 unspecified atom stereocenters. The van der Waals surface area contributed by atoms with Gasteiger partial charge in [-0.25, -0.2) is 4.79 Å². The number of aryl methyl sites for hydroxylation is 1. The van der Waals surface area contributed by atoms with E-state index < -0.39 is 6.10 Å². The number of amides is 2. The zero-order valence-electron chi connectivity index (χ0n) is 10.6. The second-order valence-corrected chi connectivity index (χ2v) is 4.50. The van der Waals surface area contributed by atoms with Crippen LogP contribution in [0, 0.1) is 6.92 Å². The molecule has 0 bridgehead atoms. The van der Waals surface area contributed by atoms with Crippen LogP contribution in [0.3, 0.4) is 0 Å². The summed E-state index contributed by atoms with van der Waals surface area (Å²) in [6.07, 6.45) is 0.243. The Balaban J connectivity index is 2.06.